The number of halogens is 1. The van der Waals surface area contributed by atoms with Crippen LogP contribution in [0.1, 0.15) is 37.3 Å². The monoisotopic (exact) mass is 447 g/mol. The third kappa shape index (κ3) is 6.35. The quantitative estimate of drug-likeness (QED) is 0.736. The molecule has 2 amide bonds. The van der Waals surface area contributed by atoms with Gasteiger partial charge in [-0.05, 0) is 43.0 Å². The maximum Gasteiger partial charge on any atom is 0.241 e. The van der Waals surface area contributed by atoms with Gasteiger partial charge in [0.2, 0.25) is 21.8 Å². The average molecular weight is 448 g/mol. The Morgan fingerprint density at radius 1 is 1.10 bits per heavy atom. The number of nitrogens with one attached hydrogen (secondary N) is 2. The van der Waals surface area contributed by atoms with Crippen LogP contribution in [0.4, 0.5) is 4.39 Å². The van der Waals surface area contributed by atoms with Crippen molar-refractivity contribution in [2.45, 2.75) is 36.6 Å². The van der Waals surface area contributed by atoms with E-state index in [1.54, 1.807) is 4.90 Å². The van der Waals surface area contributed by atoms with Crippen molar-refractivity contribution < 1.29 is 22.4 Å². The van der Waals surface area contributed by atoms with Gasteiger partial charge in [0.15, 0.2) is 0 Å². The highest BCUT2D eigenvalue weighted by Gasteiger charge is 2.28. The van der Waals surface area contributed by atoms with E-state index in [4.69, 9.17) is 0 Å². The molecule has 166 valence electrons. The first-order valence-corrected chi connectivity index (χ1v) is 11.7. The summed E-state index contributed by atoms with van der Waals surface area (Å²) in [4.78, 5) is 26.8. The number of carbonyl (C=O) groups excluding carboxylic acids is 2. The number of hydrogen-bond donors (Lipinski definition) is 2. The number of carbonyl (C=O) groups is 2. The van der Waals surface area contributed by atoms with Gasteiger partial charge in [-0.25, -0.2) is 17.5 Å². The summed E-state index contributed by atoms with van der Waals surface area (Å²) in [5, 5.41) is 2.87. The van der Waals surface area contributed by atoms with Gasteiger partial charge in [0.25, 0.3) is 0 Å². The van der Waals surface area contributed by atoms with E-state index in [-0.39, 0.29) is 17.2 Å². The molecule has 1 aliphatic heterocycles. The summed E-state index contributed by atoms with van der Waals surface area (Å²) < 4.78 is 40.6. The number of benzene rings is 2. The standard InChI is InChI=1S/C22H26FN3O4S/c23-18-10-7-11-19(14-18)31(29,30)25-16-22(28)26-13-6-2-5-12-24-21(27)15-20(26)17-8-3-1-4-9-17/h1,3-4,7-11,14,20,25H,2,5-6,12-13,15-16H2,(H,24,27). The first-order chi connectivity index (χ1) is 14.9. The number of sulfonamides is 1. The van der Waals surface area contributed by atoms with E-state index >= 15 is 0 Å². The van der Waals surface area contributed by atoms with Gasteiger partial charge in [0, 0.05) is 13.1 Å². The normalized spacial score (nSPS) is 18.3. The zero-order chi connectivity index (χ0) is 22.3. The molecule has 2 aromatic rings. The molecular weight excluding hydrogens is 421 g/mol. The maximum atomic E-state index is 13.4. The van der Waals surface area contributed by atoms with Crippen LogP contribution in [-0.2, 0) is 19.6 Å². The molecule has 1 fully saturated rings. The number of amides is 2. The summed E-state index contributed by atoms with van der Waals surface area (Å²) in [6.45, 7) is 0.527. The van der Waals surface area contributed by atoms with E-state index in [2.05, 4.69) is 10.0 Å². The molecule has 0 aromatic heterocycles. The molecule has 1 atom stereocenters. The fourth-order valence-corrected chi connectivity index (χ4v) is 4.58. The van der Waals surface area contributed by atoms with Crippen molar-refractivity contribution in [2.24, 2.45) is 0 Å². The van der Waals surface area contributed by atoms with Gasteiger partial charge >= 0.3 is 0 Å². The Hall–Kier alpha value is -2.78. The Kier molecular flexibility index (Phi) is 7.75. The summed E-state index contributed by atoms with van der Waals surface area (Å²) in [5.74, 6) is -1.28. The van der Waals surface area contributed by atoms with Crippen molar-refractivity contribution in [1.29, 1.82) is 0 Å². The molecular formula is C22H26FN3O4S. The van der Waals surface area contributed by atoms with Crippen LogP contribution in [0.15, 0.2) is 59.5 Å². The largest absolute Gasteiger partial charge is 0.356 e. The molecule has 1 heterocycles. The first kappa shape index (κ1) is 22.9. The zero-order valence-corrected chi connectivity index (χ0v) is 17.9. The molecule has 1 saturated heterocycles. The lowest BCUT2D eigenvalue weighted by atomic mass is 10.00. The van der Waals surface area contributed by atoms with E-state index in [0.29, 0.717) is 13.1 Å². The third-order valence-electron chi connectivity index (χ3n) is 5.18. The highest BCUT2D eigenvalue weighted by molar-refractivity contribution is 7.89. The van der Waals surface area contributed by atoms with Crippen LogP contribution < -0.4 is 10.0 Å². The molecule has 0 spiro atoms. The van der Waals surface area contributed by atoms with Crippen LogP contribution >= 0.6 is 0 Å². The molecule has 2 N–H and O–H groups in total. The minimum atomic E-state index is -4.06. The second kappa shape index (κ2) is 10.5. The molecule has 9 heteroatoms. The van der Waals surface area contributed by atoms with Gasteiger partial charge in [0.05, 0.1) is 23.9 Å². The van der Waals surface area contributed by atoms with Crippen LogP contribution in [-0.4, -0.2) is 44.8 Å². The molecule has 1 aliphatic rings. The predicted molar refractivity (Wildman–Crippen MR) is 114 cm³/mol. The van der Waals surface area contributed by atoms with Crippen molar-refractivity contribution in [3.05, 3.63) is 66.0 Å². The summed E-state index contributed by atoms with van der Waals surface area (Å²) in [7, 11) is -4.06. The van der Waals surface area contributed by atoms with E-state index in [1.165, 1.54) is 12.1 Å². The van der Waals surface area contributed by atoms with Gasteiger partial charge in [-0.15, -0.1) is 0 Å². The first-order valence-electron chi connectivity index (χ1n) is 10.2. The highest BCUT2D eigenvalue weighted by atomic mass is 32.2. The summed E-state index contributed by atoms with van der Waals surface area (Å²) in [6.07, 6.45) is 2.48. The lowest BCUT2D eigenvalue weighted by Crippen LogP contribution is -2.44. The van der Waals surface area contributed by atoms with Gasteiger partial charge in [0.1, 0.15) is 5.82 Å². The van der Waals surface area contributed by atoms with Crippen LogP contribution in [0, 0.1) is 5.82 Å². The molecule has 2 aromatic carbocycles. The Balaban J connectivity index is 1.80. The average Bonchev–Trinajstić information content (AvgIpc) is 2.76. The number of rotatable bonds is 5. The third-order valence-corrected chi connectivity index (χ3v) is 6.58. The molecule has 31 heavy (non-hydrogen) atoms. The zero-order valence-electron chi connectivity index (χ0n) is 17.1. The van der Waals surface area contributed by atoms with Crippen LogP contribution in [0.3, 0.4) is 0 Å². The minimum absolute atomic E-state index is 0.0897. The fourth-order valence-electron chi connectivity index (χ4n) is 3.57. The smallest absolute Gasteiger partial charge is 0.241 e. The fraction of sp³-hybridized carbons (Fsp3) is 0.364. The topological polar surface area (TPSA) is 95.6 Å². The lowest BCUT2D eigenvalue weighted by Gasteiger charge is -2.33. The van der Waals surface area contributed by atoms with Crippen LogP contribution in [0.2, 0.25) is 0 Å². The van der Waals surface area contributed by atoms with Gasteiger partial charge < -0.3 is 10.2 Å². The van der Waals surface area contributed by atoms with E-state index in [0.717, 1.165) is 37.0 Å². The lowest BCUT2D eigenvalue weighted by molar-refractivity contribution is -0.134. The molecule has 0 aliphatic carbocycles. The van der Waals surface area contributed by atoms with Crippen molar-refractivity contribution in [3.8, 4) is 0 Å². The molecule has 7 nitrogen and oxygen atoms in total. The molecule has 1 unspecified atom stereocenters. The summed E-state index contributed by atoms with van der Waals surface area (Å²) in [6, 6.07) is 13.3. The highest BCUT2D eigenvalue weighted by Crippen LogP contribution is 2.26. The number of hydrogen-bond acceptors (Lipinski definition) is 4. The maximum absolute atomic E-state index is 13.4. The van der Waals surface area contributed by atoms with E-state index in [1.807, 2.05) is 30.3 Å². The SMILES string of the molecule is O=C1CC(c2ccccc2)N(C(=O)CNS(=O)(=O)c2cccc(F)c2)CCCCCN1. The second-order valence-electron chi connectivity index (χ2n) is 7.41. The van der Waals surface area contributed by atoms with Crippen LogP contribution in [0.5, 0.6) is 0 Å². The van der Waals surface area contributed by atoms with Crippen molar-refractivity contribution in [1.82, 2.24) is 14.9 Å². The molecule has 0 saturated carbocycles. The minimum Gasteiger partial charge on any atom is -0.356 e. The number of nitrogens with zero attached hydrogens (tertiary/aromatic N) is 1. The van der Waals surface area contributed by atoms with Crippen LogP contribution in [0.25, 0.3) is 0 Å². The Labute approximate surface area is 181 Å². The Morgan fingerprint density at radius 2 is 1.87 bits per heavy atom. The van der Waals surface area contributed by atoms with Gasteiger partial charge in [-0.3, -0.25) is 9.59 Å². The summed E-state index contributed by atoms with van der Waals surface area (Å²) in [5.41, 5.74) is 0.805. The second-order valence-corrected chi connectivity index (χ2v) is 9.18. The predicted octanol–water partition coefficient (Wildman–Crippen LogP) is 2.36. The van der Waals surface area contributed by atoms with E-state index < -0.39 is 34.3 Å². The molecule has 3 rings (SSSR count). The van der Waals surface area contributed by atoms with Gasteiger partial charge in [-0.1, -0.05) is 36.4 Å². The van der Waals surface area contributed by atoms with Gasteiger partial charge in [-0.2, -0.15) is 0 Å². The molecule has 0 bridgehead atoms. The summed E-state index contributed by atoms with van der Waals surface area (Å²) >= 11 is 0. The molecule has 0 radical (unpaired) electrons. The van der Waals surface area contributed by atoms with E-state index in [9.17, 15) is 22.4 Å². The van der Waals surface area contributed by atoms with Crippen molar-refractivity contribution >= 4 is 21.8 Å². The Morgan fingerprint density at radius 3 is 2.61 bits per heavy atom. The Bertz CT molecular complexity index is 1010. The van der Waals surface area contributed by atoms with Crippen molar-refractivity contribution in [3.63, 3.8) is 0 Å². The van der Waals surface area contributed by atoms with Crippen molar-refractivity contribution in [2.75, 3.05) is 19.6 Å².